The topological polar surface area (TPSA) is 62.0 Å². The largest absolute Gasteiger partial charge is 0.349 e. The summed E-state index contributed by atoms with van der Waals surface area (Å²) in [5, 5.41) is 2.81. The third-order valence-corrected chi connectivity index (χ3v) is 3.15. The number of carbonyl (C=O) groups excluding carboxylic acids is 1. The summed E-state index contributed by atoms with van der Waals surface area (Å²) in [7, 11) is 0. The van der Waals surface area contributed by atoms with Crippen molar-refractivity contribution >= 4 is 5.91 Å². The predicted molar refractivity (Wildman–Crippen MR) is 73.0 cm³/mol. The molecule has 1 aliphatic carbocycles. The van der Waals surface area contributed by atoms with Crippen molar-refractivity contribution in [3.05, 3.63) is 58.4 Å². The lowest BCUT2D eigenvalue weighted by Crippen LogP contribution is -2.31. The molecule has 19 heavy (non-hydrogen) atoms. The molecular weight excluding hydrogens is 240 g/mol. The van der Waals surface area contributed by atoms with E-state index in [1.807, 2.05) is 30.3 Å². The van der Waals surface area contributed by atoms with Gasteiger partial charge in [-0.1, -0.05) is 30.3 Å². The molecule has 1 amide bonds. The summed E-state index contributed by atoms with van der Waals surface area (Å²) >= 11 is 0. The number of amides is 1. The van der Waals surface area contributed by atoms with Crippen molar-refractivity contribution in [2.45, 2.75) is 18.9 Å². The number of nitrogens with one attached hydrogen (secondary N) is 2. The van der Waals surface area contributed by atoms with Crippen molar-refractivity contribution in [2.24, 2.45) is 0 Å². The second-order valence-electron chi connectivity index (χ2n) is 4.73. The zero-order chi connectivity index (χ0) is 13.2. The van der Waals surface area contributed by atoms with Gasteiger partial charge >= 0.3 is 0 Å². The molecule has 3 rings (SSSR count). The first-order valence-corrected chi connectivity index (χ1v) is 6.33. The molecule has 0 saturated heterocycles. The molecule has 1 aromatic heterocycles. The van der Waals surface area contributed by atoms with Crippen LogP contribution in [0, 0.1) is 0 Å². The molecule has 1 saturated carbocycles. The molecule has 4 nitrogen and oxygen atoms in total. The highest BCUT2D eigenvalue weighted by molar-refractivity contribution is 5.94. The molecule has 1 fully saturated rings. The lowest BCUT2D eigenvalue weighted by molar-refractivity contribution is 0.0949. The van der Waals surface area contributed by atoms with Gasteiger partial charge in [0.25, 0.3) is 11.5 Å². The summed E-state index contributed by atoms with van der Waals surface area (Å²) in [5.74, 6) is -0.289. The number of benzene rings is 1. The molecule has 2 N–H and O–H groups in total. The molecule has 1 aromatic carbocycles. The van der Waals surface area contributed by atoms with Gasteiger partial charge in [0.1, 0.15) is 5.56 Å². The maximum absolute atomic E-state index is 11.9. The molecule has 0 aliphatic heterocycles. The van der Waals surface area contributed by atoms with Crippen LogP contribution in [0.25, 0.3) is 11.3 Å². The highest BCUT2D eigenvalue weighted by Crippen LogP contribution is 2.19. The zero-order valence-corrected chi connectivity index (χ0v) is 10.3. The van der Waals surface area contributed by atoms with E-state index in [-0.39, 0.29) is 23.1 Å². The van der Waals surface area contributed by atoms with Crippen LogP contribution in [0.5, 0.6) is 0 Å². The maximum Gasteiger partial charge on any atom is 0.261 e. The molecular formula is C15H14N2O2. The van der Waals surface area contributed by atoms with Crippen LogP contribution in [-0.2, 0) is 0 Å². The predicted octanol–water partition coefficient (Wildman–Crippen LogP) is 1.93. The van der Waals surface area contributed by atoms with Gasteiger partial charge in [0, 0.05) is 11.7 Å². The zero-order valence-electron chi connectivity index (χ0n) is 10.3. The van der Waals surface area contributed by atoms with Gasteiger partial charge in [-0.25, -0.2) is 0 Å². The van der Waals surface area contributed by atoms with Gasteiger partial charge in [-0.05, 0) is 30.5 Å². The van der Waals surface area contributed by atoms with E-state index < -0.39 is 0 Å². The summed E-state index contributed by atoms with van der Waals surface area (Å²) in [5.41, 5.74) is 1.47. The Hall–Kier alpha value is -2.36. The number of aromatic nitrogens is 1. The Bertz CT molecular complexity index is 657. The van der Waals surface area contributed by atoms with E-state index in [1.54, 1.807) is 12.1 Å². The summed E-state index contributed by atoms with van der Waals surface area (Å²) < 4.78 is 0. The molecule has 0 bridgehead atoms. The number of H-pyrrole nitrogens is 1. The standard InChI is InChI=1S/C15H14N2O2/c18-14(16-11-6-7-11)12-8-9-13(17-15(12)19)10-4-2-1-3-5-10/h1-5,8-9,11H,6-7H2,(H,16,18)(H,17,19). The van der Waals surface area contributed by atoms with Gasteiger partial charge in [0.2, 0.25) is 0 Å². The fourth-order valence-electron chi connectivity index (χ4n) is 1.93. The minimum Gasteiger partial charge on any atom is -0.349 e. The van der Waals surface area contributed by atoms with Crippen LogP contribution in [-0.4, -0.2) is 16.9 Å². The quantitative estimate of drug-likeness (QED) is 0.879. The Morgan fingerprint density at radius 3 is 2.47 bits per heavy atom. The molecule has 0 atom stereocenters. The molecule has 0 spiro atoms. The van der Waals surface area contributed by atoms with E-state index in [2.05, 4.69) is 10.3 Å². The average Bonchev–Trinajstić information content (AvgIpc) is 3.23. The van der Waals surface area contributed by atoms with Crippen molar-refractivity contribution in [3.63, 3.8) is 0 Å². The number of hydrogen-bond acceptors (Lipinski definition) is 2. The number of carbonyl (C=O) groups is 1. The first-order valence-electron chi connectivity index (χ1n) is 6.33. The van der Waals surface area contributed by atoms with Crippen molar-refractivity contribution < 1.29 is 4.79 Å². The average molecular weight is 254 g/mol. The fraction of sp³-hybridized carbons (Fsp3) is 0.200. The molecule has 4 heteroatoms. The minimum atomic E-state index is -0.348. The van der Waals surface area contributed by atoms with Crippen molar-refractivity contribution in [1.29, 1.82) is 0 Å². The van der Waals surface area contributed by atoms with E-state index >= 15 is 0 Å². The lowest BCUT2D eigenvalue weighted by Gasteiger charge is -2.05. The highest BCUT2D eigenvalue weighted by atomic mass is 16.2. The van der Waals surface area contributed by atoms with E-state index in [0.29, 0.717) is 5.69 Å². The van der Waals surface area contributed by atoms with Crippen LogP contribution >= 0.6 is 0 Å². The van der Waals surface area contributed by atoms with Crippen LogP contribution in [0.2, 0.25) is 0 Å². The third-order valence-electron chi connectivity index (χ3n) is 3.15. The van der Waals surface area contributed by atoms with Gasteiger partial charge in [-0.2, -0.15) is 0 Å². The Morgan fingerprint density at radius 2 is 1.84 bits per heavy atom. The minimum absolute atomic E-state index is 0.173. The van der Waals surface area contributed by atoms with Crippen LogP contribution < -0.4 is 10.9 Å². The van der Waals surface area contributed by atoms with E-state index in [1.165, 1.54) is 0 Å². The summed E-state index contributed by atoms with van der Waals surface area (Å²) in [6, 6.07) is 13.1. The van der Waals surface area contributed by atoms with Gasteiger partial charge in [0.15, 0.2) is 0 Å². The van der Waals surface area contributed by atoms with Crippen molar-refractivity contribution in [2.75, 3.05) is 0 Å². The van der Waals surface area contributed by atoms with Gasteiger partial charge in [-0.3, -0.25) is 9.59 Å². The Labute approximate surface area is 110 Å². The Kier molecular flexibility index (Phi) is 2.91. The van der Waals surface area contributed by atoms with E-state index in [4.69, 9.17) is 0 Å². The summed E-state index contributed by atoms with van der Waals surface area (Å²) in [4.78, 5) is 26.5. The summed E-state index contributed by atoms with van der Waals surface area (Å²) in [6.07, 6.45) is 2.01. The monoisotopic (exact) mass is 254 g/mol. The van der Waals surface area contributed by atoms with Gasteiger partial charge in [0.05, 0.1) is 0 Å². The van der Waals surface area contributed by atoms with Crippen molar-refractivity contribution in [3.8, 4) is 11.3 Å². The molecule has 1 heterocycles. The third kappa shape index (κ3) is 2.57. The number of aromatic amines is 1. The molecule has 0 unspecified atom stereocenters. The Balaban J connectivity index is 1.89. The van der Waals surface area contributed by atoms with Gasteiger partial charge in [-0.15, -0.1) is 0 Å². The van der Waals surface area contributed by atoms with E-state index in [0.717, 1.165) is 18.4 Å². The van der Waals surface area contributed by atoms with Crippen molar-refractivity contribution in [1.82, 2.24) is 10.3 Å². The molecule has 2 aromatic rings. The smallest absolute Gasteiger partial charge is 0.261 e. The highest BCUT2D eigenvalue weighted by Gasteiger charge is 2.24. The normalized spacial score (nSPS) is 14.1. The number of rotatable bonds is 3. The maximum atomic E-state index is 11.9. The SMILES string of the molecule is O=C(NC1CC1)c1ccc(-c2ccccc2)[nH]c1=O. The molecule has 96 valence electrons. The second kappa shape index (κ2) is 4.72. The fourth-order valence-corrected chi connectivity index (χ4v) is 1.93. The number of hydrogen-bond donors (Lipinski definition) is 2. The van der Waals surface area contributed by atoms with Crippen LogP contribution in [0.15, 0.2) is 47.3 Å². The first kappa shape index (κ1) is 11.7. The van der Waals surface area contributed by atoms with Crippen LogP contribution in [0.3, 0.4) is 0 Å². The van der Waals surface area contributed by atoms with Crippen LogP contribution in [0.1, 0.15) is 23.2 Å². The molecule has 0 radical (unpaired) electrons. The van der Waals surface area contributed by atoms with Gasteiger partial charge < -0.3 is 10.3 Å². The first-order chi connectivity index (χ1) is 9.24. The second-order valence-corrected chi connectivity index (χ2v) is 4.73. The summed E-state index contributed by atoms with van der Waals surface area (Å²) in [6.45, 7) is 0. The molecule has 1 aliphatic rings. The van der Waals surface area contributed by atoms with E-state index in [9.17, 15) is 9.59 Å². The lowest BCUT2D eigenvalue weighted by atomic mass is 10.1. The number of pyridine rings is 1. The van der Waals surface area contributed by atoms with Crippen LogP contribution in [0.4, 0.5) is 0 Å². The Morgan fingerprint density at radius 1 is 1.11 bits per heavy atom.